The summed E-state index contributed by atoms with van der Waals surface area (Å²) in [6.07, 6.45) is 3.85. The van der Waals surface area contributed by atoms with Crippen LogP contribution in [-0.4, -0.2) is 69.7 Å². The fourth-order valence-electron chi connectivity index (χ4n) is 4.18. The van der Waals surface area contributed by atoms with Gasteiger partial charge >= 0.3 is 6.03 Å². The highest BCUT2D eigenvalue weighted by atomic mass is 16.2. The normalized spacial score (nSPS) is 18.7. The molecule has 0 spiro atoms. The molecule has 7 heteroatoms. The largest absolute Gasteiger partial charge is 0.369 e. The number of piperidine rings is 1. The number of imide groups is 1. The molecule has 2 heterocycles. The van der Waals surface area contributed by atoms with Gasteiger partial charge in [-0.05, 0) is 56.5 Å². The fraction of sp³-hybridized carbons (Fsp3) is 0.619. The minimum atomic E-state index is -0.374. The van der Waals surface area contributed by atoms with Gasteiger partial charge in [-0.2, -0.15) is 0 Å². The van der Waals surface area contributed by atoms with Gasteiger partial charge in [0.05, 0.1) is 0 Å². The molecule has 2 N–H and O–H groups in total. The number of carbonyl (C=O) groups excluding carboxylic acids is 2. The Morgan fingerprint density at radius 1 is 1.25 bits per heavy atom. The number of carbonyl (C=O) groups is 2. The number of benzene rings is 1. The van der Waals surface area contributed by atoms with E-state index in [2.05, 4.69) is 32.6 Å². The third kappa shape index (κ3) is 5.45. The van der Waals surface area contributed by atoms with E-state index < -0.39 is 0 Å². The molecule has 2 aliphatic rings. The Labute approximate surface area is 168 Å². The Morgan fingerprint density at radius 3 is 2.68 bits per heavy atom. The molecule has 154 valence electrons. The molecule has 28 heavy (non-hydrogen) atoms. The van der Waals surface area contributed by atoms with Crippen LogP contribution in [0.5, 0.6) is 0 Å². The number of amides is 3. The summed E-state index contributed by atoms with van der Waals surface area (Å²) < 4.78 is 0. The topological polar surface area (TPSA) is 67.9 Å². The van der Waals surface area contributed by atoms with Crippen molar-refractivity contribution >= 4 is 23.8 Å². The summed E-state index contributed by atoms with van der Waals surface area (Å²) in [7, 11) is 0. The molecule has 0 saturated carbocycles. The minimum Gasteiger partial charge on any atom is -0.369 e. The third-order valence-electron chi connectivity index (χ3n) is 5.73. The van der Waals surface area contributed by atoms with Crippen molar-refractivity contribution in [2.75, 3.05) is 62.2 Å². The van der Waals surface area contributed by atoms with E-state index >= 15 is 0 Å². The van der Waals surface area contributed by atoms with Gasteiger partial charge in [0.1, 0.15) is 0 Å². The Balaban J connectivity index is 1.59. The van der Waals surface area contributed by atoms with Crippen molar-refractivity contribution in [3.05, 3.63) is 24.3 Å². The summed E-state index contributed by atoms with van der Waals surface area (Å²) in [5, 5.41) is 5.70. The van der Waals surface area contributed by atoms with Crippen molar-refractivity contribution in [3.8, 4) is 0 Å². The molecule has 1 aromatic rings. The first kappa shape index (κ1) is 20.6. The van der Waals surface area contributed by atoms with Crippen LogP contribution < -0.4 is 20.4 Å². The van der Waals surface area contributed by atoms with Gasteiger partial charge in [-0.25, -0.2) is 4.79 Å². The average Bonchev–Trinajstić information content (AvgIpc) is 2.73. The van der Waals surface area contributed by atoms with E-state index in [0.717, 1.165) is 63.0 Å². The molecule has 0 aromatic heterocycles. The minimum absolute atomic E-state index is 0.374. The number of anilines is 2. The number of nitrogens with one attached hydrogen (secondary N) is 2. The Morgan fingerprint density at radius 2 is 2.00 bits per heavy atom. The molecule has 0 bridgehead atoms. The maximum atomic E-state index is 12.2. The number of urea groups is 1. The average molecular weight is 388 g/mol. The second-order valence-electron chi connectivity index (χ2n) is 7.72. The second kappa shape index (κ2) is 10.4. The summed E-state index contributed by atoms with van der Waals surface area (Å²) in [6.45, 7) is 10.3. The molecule has 2 saturated heterocycles. The first-order valence-corrected chi connectivity index (χ1v) is 10.5. The summed E-state index contributed by atoms with van der Waals surface area (Å²) in [5.41, 5.74) is 1.97. The summed E-state index contributed by atoms with van der Waals surface area (Å²) >= 11 is 0. The predicted octanol–water partition coefficient (Wildman–Crippen LogP) is 1.89. The van der Waals surface area contributed by atoms with Crippen LogP contribution in [0, 0.1) is 5.92 Å². The monoisotopic (exact) mass is 387 g/mol. The summed E-state index contributed by atoms with van der Waals surface area (Å²) in [5.74, 6) is 0.829. The van der Waals surface area contributed by atoms with E-state index in [1.54, 1.807) is 4.90 Å². The molecule has 3 rings (SSSR count). The van der Waals surface area contributed by atoms with Crippen LogP contribution in [0.25, 0.3) is 0 Å². The van der Waals surface area contributed by atoms with E-state index in [0.29, 0.717) is 13.0 Å². The smallest absolute Gasteiger partial charge is 0.328 e. The number of nitrogens with zero attached hydrogens (tertiary/aromatic N) is 3. The van der Waals surface area contributed by atoms with Crippen molar-refractivity contribution in [2.24, 2.45) is 5.92 Å². The number of piperazine rings is 1. The number of hydrogen-bond donors (Lipinski definition) is 2. The Bertz CT molecular complexity index is 639. The molecule has 3 amide bonds. The highest BCUT2D eigenvalue weighted by molar-refractivity contribution is 5.97. The van der Waals surface area contributed by atoms with Crippen molar-refractivity contribution < 1.29 is 9.59 Å². The van der Waals surface area contributed by atoms with Gasteiger partial charge in [0.2, 0.25) is 6.41 Å². The van der Waals surface area contributed by atoms with Crippen molar-refractivity contribution in [2.45, 2.75) is 26.2 Å². The lowest BCUT2D eigenvalue weighted by Gasteiger charge is -2.38. The van der Waals surface area contributed by atoms with Crippen LogP contribution in [0.2, 0.25) is 0 Å². The van der Waals surface area contributed by atoms with E-state index in [4.69, 9.17) is 0 Å². The molecule has 0 unspecified atom stereocenters. The zero-order valence-electron chi connectivity index (χ0n) is 16.9. The van der Waals surface area contributed by atoms with E-state index in [1.807, 2.05) is 19.1 Å². The van der Waals surface area contributed by atoms with Gasteiger partial charge < -0.3 is 10.2 Å². The lowest BCUT2D eigenvalue weighted by atomic mass is 9.97. The van der Waals surface area contributed by atoms with Gasteiger partial charge in [-0.15, -0.1) is 0 Å². The molecule has 7 nitrogen and oxygen atoms in total. The first-order valence-electron chi connectivity index (χ1n) is 10.5. The highest BCUT2D eigenvalue weighted by Gasteiger charge is 2.22. The summed E-state index contributed by atoms with van der Waals surface area (Å²) in [4.78, 5) is 29.5. The molecular weight excluding hydrogens is 354 g/mol. The van der Waals surface area contributed by atoms with E-state index in [9.17, 15) is 9.59 Å². The van der Waals surface area contributed by atoms with Gasteiger partial charge in [0.25, 0.3) is 0 Å². The lowest BCUT2D eigenvalue weighted by molar-refractivity contribution is -0.108. The summed E-state index contributed by atoms with van der Waals surface area (Å²) in [6, 6.07) is 7.71. The van der Waals surface area contributed by atoms with Gasteiger partial charge in [0, 0.05) is 50.6 Å². The molecular formula is C21H33N5O2. The van der Waals surface area contributed by atoms with Crippen LogP contribution in [0.1, 0.15) is 26.2 Å². The third-order valence-corrected chi connectivity index (χ3v) is 5.73. The lowest BCUT2D eigenvalue weighted by Crippen LogP contribution is -2.48. The van der Waals surface area contributed by atoms with Crippen molar-refractivity contribution in [1.82, 2.24) is 15.5 Å². The maximum Gasteiger partial charge on any atom is 0.328 e. The van der Waals surface area contributed by atoms with E-state index in [1.165, 1.54) is 19.4 Å². The SMILES string of the molecule is CCCN(C(=O)NC=O)c1cccc(N2CCN(CC3CCNCC3)CC2)c1. The fourth-order valence-corrected chi connectivity index (χ4v) is 4.18. The number of rotatable bonds is 7. The zero-order valence-corrected chi connectivity index (χ0v) is 16.9. The molecule has 0 radical (unpaired) electrons. The van der Waals surface area contributed by atoms with Crippen LogP contribution in [0.3, 0.4) is 0 Å². The van der Waals surface area contributed by atoms with Crippen molar-refractivity contribution in [1.29, 1.82) is 0 Å². The standard InChI is InChI=1S/C21H33N5O2/c1-2-10-26(21(28)23-17-27)20-5-3-4-19(15-20)25-13-11-24(12-14-25)16-18-6-8-22-9-7-18/h3-5,15,17-18,22H,2,6-14,16H2,1H3,(H,23,27,28). The van der Waals surface area contributed by atoms with Crippen LogP contribution in [-0.2, 0) is 4.79 Å². The molecule has 1 aromatic carbocycles. The van der Waals surface area contributed by atoms with Crippen LogP contribution in [0.4, 0.5) is 16.2 Å². The molecule has 2 fully saturated rings. The number of hydrogen-bond acceptors (Lipinski definition) is 5. The predicted molar refractivity (Wildman–Crippen MR) is 113 cm³/mol. The molecule has 2 aliphatic heterocycles. The molecule has 0 atom stereocenters. The van der Waals surface area contributed by atoms with E-state index in [-0.39, 0.29) is 6.03 Å². The highest BCUT2D eigenvalue weighted by Crippen LogP contribution is 2.24. The Hall–Kier alpha value is -2.12. The maximum absolute atomic E-state index is 12.2. The quantitative estimate of drug-likeness (QED) is 0.700. The van der Waals surface area contributed by atoms with Crippen LogP contribution in [0.15, 0.2) is 24.3 Å². The van der Waals surface area contributed by atoms with Crippen LogP contribution >= 0.6 is 0 Å². The molecule has 0 aliphatic carbocycles. The zero-order chi connectivity index (χ0) is 19.8. The second-order valence-corrected chi connectivity index (χ2v) is 7.72. The van der Waals surface area contributed by atoms with Gasteiger partial charge in [-0.1, -0.05) is 13.0 Å². The first-order chi connectivity index (χ1) is 13.7. The van der Waals surface area contributed by atoms with Gasteiger partial charge in [-0.3, -0.25) is 19.9 Å². The Kier molecular flexibility index (Phi) is 7.68. The van der Waals surface area contributed by atoms with Gasteiger partial charge in [0.15, 0.2) is 0 Å². The van der Waals surface area contributed by atoms with Crippen molar-refractivity contribution in [3.63, 3.8) is 0 Å².